The summed E-state index contributed by atoms with van der Waals surface area (Å²) in [5.74, 6) is 0.689. The van der Waals surface area contributed by atoms with Gasteiger partial charge < -0.3 is 14.9 Å². The molecule has 2 heterocycles. The zero-order valence-corrected chi connectivity index (χ0v) is 15.3. The fraction of sp³-hybridized carbons (Fsp3) is 0.571. The average molecular weight is 373 g/mol. The summed E-state index contributed by atoms with van der Waals surface area (Å²) in [7, 11) is -3.35. The number of hydrogen-bond acceptors (Lipinski definition) is 7. The van der Waals surface area contributed by atoms with Crippen molar-refractivity contribution in [3.63, 3.8) is 0 Å². The standard InChI is InChI=1S/C13H21N5O3S.CH2O2/c1-10-11(2)14-9-15-13(10)18-6-4-17(5-7-18)12(19)8-16-22(3,20)21;2-1-3/h9,16H,4-8H2,1-3H3;1H,(H,2,3). The third-order valence-corrected chi connectivity index (χ3v) is 4.40. The van der Waals surface area contributed by atoms with Gasteiger partial charge in [-0.3, -0.25) is 9.59 Å². The van der Waals surface area contributed by atoms with Crippen molar-refractivity contribution < 1.29 is 23.1 Å². The molecule has 25 heavy (non-hydrogen) atoms. The van der Waals surface area contributed by atoms with Gasteiger partial charge in [-0.25, -0.2) is 23.1 Å². The van der Waals surface area contributed by atoms with Gasteiger partial charge in [0, 0.05) is 37.4 Å². The van der Waals surface area contributed by atoms with Crippen molar-refractivity contribution in [1.82, 2.24) is 19.6 Å². The Balaban J connectivity index is 0.000000970. The number of hydrogen-bond donors (Lipinski definition) is 2. The minimum atomic E-state index is -3.35. The number of carbonyl (C=O) groups is 2. The van der Waals surface area contributed by atoms with Crippen LogP contribution in [0.2, 0.25) is 0 Å². The van der Waals surface area contributed by atoms with E-state index >= 15 is 0 Å². The van der Waals surface area contributed by atoms with Crippen LogP contribution >= 0.6 is 0 Å². The summed E-state index contributed by atoms with van der Waals surface area (Å²) in [4.78, 5) is 32.6. The van der Waals surface area contributed by atoms with Crippen LogP contribution in [0.5, 0.6) is 0 Å². The highest BCUT2D eigenvalue weighted by Crippen LogP contribution is 2.19. The first-order valence-corrected chi connectivity index (χ1v) is 9.42. The molecule has 1 aliphatic rings. The Labute approximate surface area is 146 Å². The predicted molar refractivity (Wildman–Crippen MR) is 91.8 cm³/mol. The number of nitrogens with zero attached hydrogens (tertiary/aromatic N) is 4. The molecule has 2 rings (SSSR count). The summed E-state index contributed by atoms with van der Waals surface area (Å²) in [6.07, 6.45) is 2.59. The van der Waals surface area contributed by atoms with E-state index in [1.807, 2.05) is 13.8 Å². The van der Waals surface area contributed by atoms with E-state index in [0.29, 0.717) is 26.2 Å². The van der Waals surface area contributed by atoms with Gasteiger partial charge in [-0.1, -0.05) is 0 Å². The van der Waals surface area contributed by atoms with E-state index in [0.717, 1.165) is 23.3 Å². The molecule has 0 bridgehead atoms. The molecule has 1 amide bonds. The maximum Gasteiger partial charge on any atom is 0.290 e. The van der Waals surface area contributed by atoms with Crippen molar-refractivity contribution in [2.75, 3.05) is 43.9 Å². The lowest BCUT2D eigenvalue weighted by atomic mass is 10.2. The summed E-state index contributed by atoms with van der Waals surface area (Å²) in [6, 6.07) is 0. The molecule has 1 aromatic rings. The number of anilines is 1. The Hall–Kier alpha value is -2.27. The van der Waals surface area contributed by atoms with Crippen LogP contribution in [0.15, 0.2) is 6.33 Å². The van der Waals surface area contributed by atoms with Crippen LogP contribution in [0.3, 0.4) is 0 Å². The average Bonchev–Trinajstić information content (AvgIpc) is 2.55. The monoisotopic (exact) mass is 373 g/mol. The van der Waals surface area contributed by atoms with Crippen LogP contribution in [0.25, 0.3) is 0 Å². The van der Waals surface area contributed by atoms with Crippen LogP contribution in [0.1, 0.15) is 11.3 Å². The molecule has 0 radical (unpaired) electrons. The van der Waals surface area contributed by atoms with Gasteiger partial charge in [0.2, 0.25) is 15.9 Å². The van der Waals surface area contributed by atoms with E-state index in [-0.39, 0.29) is 18.9 Å². The Kier molecular flexibility index (Phi) is 7.71. The first-order chi connectivity index (χ1) is 11.7. The van der Waals surface area contributed by atoms with Gasteiger partial charge in [-0.2, -0.15) is 0 Å². The van der Waals surface area contributed by atoms with Gasteiger partial charge in [0.25, 0.3) is 6.47 Å². The van der Waals surface area contributed by atoms with E-state index in [1.165, 1.54) is 0 Å². The van der Waals surface area contributed by atoms with E-state index in [4.69, 9.17) is 9.90 Å². The van der Waals surface area contributed by atoms with Crippen molar-refractivity contribution >= 4 is 28.2 Å². The Morgan fingerprint density at radius 3 is 2.36 bits per heavy atom. The Bertz CT molecular complexity index is 702. The van der Waals surface area contributed by atoms with Gasteiger partial charge in [-0.15, -0.1) is 0 Å². The second kappa shape index (κ2) is 9.28. The van der Waals surface area contributed by atoms with Gasteiger partial charge in [0.05, 0.1) is 12.8 Å². The lowest BCUT2D eigenvalue weighted by Crippen LogP contribution is -2.51. The van der Waals surface area contributed by atoms with Crippen molar-refractivity contribution in [2.24, 2.45) is 0 Å². The molecule has 1 fully saturated rings. The minimum Gasteiger partial charge on any atom is -0.483 e. The van der Waals surface area contributed by atoms with Crippen LogP contribution in [0.4, 0.5) is 5.82 Å². The number of nitrogens with one attached hydrogen (secondary N) is 1. The minimum absolute atomic E-state index is 0.190. The maximum absolute atomic E-state index is 12.0. The summed E-state index contributed by atoms with van der Waals surface area (Å²) in [6.45, 7) is 5.92. The molecular weight excluding hydrogens is 350 g/mol. The largest absolute Gasteiger partial charge is 0.483 e. The number of piperazine rings is 1. The van der Waals surface area contributed by atoms with Gasteiger partial charge in [-0.05, 0) is 13.8 Å². The summed E-state index contributed by atoms with van der Waals surface area (Å²) in [5, 5.41) is 6.89. The maximum atomic E-state index is 12.0. The van der Waals surface area contributed by atoms with Gasteiger partial charge in [0.15, 0.2) is 0 Å². The van der Waals surface area contributed by atoms with Crippen LogP contribution in [0, 0.1) is 13.8 Å². The third-order valence-electron chi connectivity index (χ3n) is 3.73. The summed E-state index contributed by atoms with van der Waals surface area (Å²) in [5.41, 5.74) is 1.99. The predicted octanol–water partition coefficient (Wildman–Crippen LogP) is -1.01. The first kappa shape index (κ1) is 20.8. The number of sulfonamides is 1. The van der Waals surface area contributed by atoms with Crippen molar-refractivity contribution in [2.45, 2.75) is 13.8 Å². The second-order valence-electron chi connectivity index (χ2n) is 5.47. The molecule has 1 saturated heterocycles. The van der Waals surface area contributed by atoms with Crippen molar-refractivity contribution in [1.29, 1.82) is 0 Å². The number of carbonyl (C=O) groups excluding carboxylic acids is 1. The number of amides is 1. The van der Waals surface area contributed by atoms with Crippen LogP contribution < -0.4 is 9.62 Å². The fourth-order valence-corrected chi connectivity index (χ4v) is 2.70. The van der Waals surface area contributed by atoms with Crippen LogP contribution in [-0.4, -0.2) is 79.8 Å². The third kappa shape index (κ3) is 6.63. The molecule has 1 aromatic heterocycles. The van der Waals surface area contributed by atoms with Gasteiger partial charge in [0.1, 0.15) is 12.1 Å². The number of carboxylic acid groups (broad SMARTS) is 1. The zero-order valence-electron chi connectivity index (χ0n) is 14.5. The first-order valence-electron chi connectivity index (χ1n) is 7.53. The summed E-state index contributed by atoms with van der Waals surface area (Å²) >= 11 is 0. The highest BCUT2D eigenvalue weighted by molar-refractivity contribution is 7.88. The number of aromatic nitrogens is 2. The topological polar surface area (TPSA) is 133 Å². The highest BCUT2D eigenvalue weighted by atomic mass is 32.2. The zero-order chi connectivity index (χ0) is 19.0. The Morgan fingerprint density at radius 1 is 1.28 bits per heavy atom. The quantitative estimate of drug-likeness (QED) is 0.642. The fourth-order valence-electron chi connectivity index (χ4n) is 2.32. The number of rotatable bonds is 4. The molecule has 2 N–H and O–H groups in total. The highest BCUT2D eigenvalue weighted by Gasteiger charge is 2.23. The van der Waals surface area contributed by atoms with E-state index in [2.05, 4.69) is 19.6 Å². The molecule has 140 valence electrons. The SMILES string of the molecule is Cc1ncnc(N2CCN(C(=O)CNS(C)(=O)=O)CC2)c1C.O=CO. The molecule has 0 atom stereocenters. The smallest absolute Gasteiger partial charge is 0.290 e. The molecule has 11 heteroatoms. The van der Waals surface area contributed by atoms with E-state index < -0.39 is 10.0 Å². The second-order valence-corrected chi connectivity index (χ2v) is 7.31. The molecule has 0 unspecified atom stereocenters. The Morgan fingerprint density at radius 2 is 1.84 bits per heavy atom. The normalized spacial score (nSPS) is 14.5. The molecule has 0 aromatic carbocycles. The number of aryl methyl sites for hydroxylation is 1. The molecule has 10 nitrogen and oxygen atoms in total. The molecule has 0 spiro atoms. The molecular formula is C14H23N5O5S. The van der Waals surface area contributed by atoms with Gasteiger partial charge >= 0.3 is 0 Å². The summed E-state index contributed by atoms with van der Waals surface area (Å²) < 4.78 is 24.3. The van der Waals surface area contributed by atoms with Crippen LogP contribution in [-0.2, 0) is 19.6 Å². The van der Waals surface area contributed by atoms with E-state index in [9.17, 15) is 13.2 Å². The molecule has 0 aliphatic carbocycles. The molecule has 0 saturated carbocycles. The molecule has 1 aliphatic heterocycles. The van der Waals surface area contributed by atoms with E-state index in [1.54, 1.807) is 11.2 Å². The van der Waals surface area contributed by atoms with Crippen molar-refractivity contribution in [3.8, 4) is 0 Å². The lowest BCUT2D eigenvalue weighted by molar-refractivity contribution is -0.130. The lowest BCUT2D eigenvalue weighted by Gasteiger charge is -2.36. The van der Waals surface area contributed by atoms with Crippen molar-refractivity contribution in [3.05, 3.63) is 17.6 Å².